The molecule has 1 heterocycles. The molecule has 0 spiro atoms. The zero-order chi connectivity index (χ0) is 12.5. The highest BCUT2D eigenvalue weighted by molar-refractivity contribution is 8.00. The van der Waals surface area contributed by atoms with Gasteiger partial charge in [0, 0.05) is 5.02 Å². The van der Waals surface area contributed by atoms with Crippen molar-refractivity contribution in [3.05, 3.63) is 34.9 Å². The highest BCUT2D eigenvalue weighted by Gasteiger charge is 2.25. The molecule has 0 radical (unpaired) electrons. The monoisotopic (exact) mass is 290 g/mol. The first-order valence-corrected chi connectivity index (χ1v) is 8.17. The highest BCUT2D eigenvalue weighted by atomic mass is 35.5. The lowest BCUT2D eigenvalue weighted by atomic mass is 10.1. The number of hydrogen-bond acceptors (Lipinski definition) is 4. The second-order valence-corrected chi connectivity index (χ2v) is 6.66. The summed E-state index contributed by atoms with van der Waals surface area (Å²) in [7, 11) is -3.29. The molecular formula is C10H11ClN2O2S2. The van der Waals surface area contributed by atoms with Crippen molar-refractivity contribution in [1.82, 2.24) is 4.72 Å². The lowest BCUT2D eigenvalue weighted by Crippen LogP contribution is -2.41. The summed E-state index contributed by atoms with van der Waals surface area (Å²) >= 11 is 7.13. The van der Waals surface area contributed by atoms with E-state index in [1.807, 2.05) is 6.26 Å². The highest BCUT2D eigenvalue weighted by Crippen LogP contribution is 2.17. The molecule has 1 aliphatic rings. The van der Waals surface area contributed by atoms with E-state index in [9.17, 15) is 8.42 Å². The van der Waals surface area contributed by atoms with Gasteiger partial charge >= 0.3 is 0 Å². The van der Waals surface area contributed by atoms with Gasteiger partial charge < -0.3 is 0 Å². The van der Waals surface area contributed by atoms with Crippen molar-refractivity contribution in [3.63, 3.8) is 0 Å². The fraction of sp³-hybridized carbons (Fsp3) is 0.300. The Morgan fingerprint density at radius 1 is 1.41 bits per heavy atom. The maximum absolute atomic E-state index is 11.6. The molecule has 0 saturated heterocycles. The van der Waals surface area contributed by atoms with Crippen LogP contribution in [0.5, 0.6) is 0 Å². The summed E-state index contributed by atoms with van der Waals surface area (Å²) in [4.78, 5) is 4.34. The van der Waals surface area contributed by atoms with Crippen LogP contribution in [0.1, 0.15) is 5.56 Å². The zero-order valence-corrected chi connectivity index (χ0v) is 11.4. The third-order valence-corrected chi connectivity index (χ3v) is 4.59. The van der Waals surface area contributed by atoms with Gasteiger partial charge in [-0.05, 0) is 24.0 Å². The summed E-state index contributed by atoms with van der Waals surface area (Å²) in [5.41, 5.74) is 0.915. The van der Waals surface area contributed by atoms with E-state index >= 15 is 0 Å². The maximum Gasteiger partial charge on any atom is 0.219 e. The molecule has 0 bridgehead atoms. The number of thioether (sulfide) groups is 1. The molecule has 1 atom stereocenters. The number of nitrogens with one attached hydrogen (secondary N) is 1. The van der Waals surface area contributed by atoms with Crippen LogP contribution in [0.15, 0.2) is 29.3 Å². The number of halogens is 1. The molecule has 0 amide bonds. The Kier molecular flexibility index (Phi) is 3.77. The second-order valence-electron chi connectivity index (χ2n) is 3.55. The molecule has 1 N–H and O–H groups in total. The summed E-state index contributed by atoms with van der Waals surface area (Å²) < 4.78 is 25.8. The first-order valence-electron chi connectivity index (χ1n) is 4.85. The van der Waals surface area contributed by atoms with Crippen molar-refractivity contribution >= 4 is 39.1 Å². The predicted octanol–water partition coefficient (Wildman–Crippen LogP) is 1.71. The second kappa shape index (κ2) is 4.97. The van der Waals surface area contributed by atoms with Crippen molar-refractivity contribution in [1.29, 1.82) is 0 Å². The van der Waals surface area contributed by atoms with E-state index in [1.54, 1.807) is 24.3 Å². The Bertz CT molecular complexity index is 540. The van der Waals surface area contributed by atoms with Crippen LogP contribution in [0, 0.1) is 0 Å². The molecule has 17 heavy (non-hydrogen) atoms. The van der Waals surface area contributed by atoms with Crippen molar-refractivity contribution in [2.24, 2.45) is 4.99 Å². The lowest BCUT2D eigenvalue weighted by Gasteiger charge is -2.20. The number of aliphatic imine (C=N–C) groups is 1. The number of hydrogen-bond donors (Lipinski definition) is 1. The van der Waals surface area contributed by atoms with Crippen molar-refractivity contribution < 1.29 is 8.42 Å². The van der Waals surface area contributed by atoms with Crippen LogP contribution in [0.25, 0.3) is 0 Å². The fourth-order valence-electron chi connectivity index (χ4n) is 1.48. The van der Waals surface area contributed by atoms with E-state index in [1.165, 1.54) is 11.8 Å². The van der Waals surface area contributed by atoms with Gasteiger partial charge in [-0.1, -0.05) is 23.7 Å². The van der Waals surface area contributed by atoms with E-state index in [0.29, 0.717) is 10.7 Å². The molecule has 7 heteroatoms. The Balaban J connectivity index is 2.37. The minimum Gasteiger partial charge on any atom is -0.257 e. The molecule has 92 valence electrons. The van der Waals surface area contributed by atoms with E-state index in [-0.39, 0.29) is 5.75 Å². The van der Waals surface area contributed by atoms with Gasteiger partial charge in [-0.25, -0.2) is 8.42 Å². The minimum absolute atomic E-state index is 0.0916. The third-order valence-electron chi connectivity index (χ3n) is 2.28. The molecule has 0 aromatic heterocycles. The van der Waals surface area contributed by atoms with Crippen LogP contribution < -0.4 is 4.72 Å². The van der Waals surface area contributed by atoms with Gasteiger partial charge in [-0.3, -0.25) is 4.99 Å². The quantitative estimate of drug-likeness (QED) is 0.902. The molecule has 4 nitrogen and oxygen atoms in total. The molecule has 2 rings (SSSR count). The Morgan fingerprint density at radius 3 is 2.65 bits per heavy atom. The molecule has 0 aliphatic carbocycles. The van der Waals surface area contributed by atoms with Crippen molar-refractivity contribution in [3.8, 4) is 0 Å². The van der Waals surface area contributed by atoms with Gasteiger partial charge in [0.05, 0.1) is 5.71 Å². The number of nitrogens with zero attached hydrogens (tertiary/aromatic N) is 1. The van der Waals surface area contributed by atoms with Gasteiger partial charge in [-0.2, -0.15) is 4.72 Å². The van der Waals surface area contributed by atoms with Crippen LogP contribution in [0.3, 0.4) is 0 Å². The third kappa shape index (κ3) is 3.22. The lowest BCUT2D eigenvalue weighted by molar-refractivity contribution is 0.581. The van der Waals surface area contributed by atoms with E-state index in [4.69, 9.17) is 11.6 Å². The Morgan fingerprint density at radius 2 is 2.06 bits per heavy atom. The smallest absolute Gasteiger partial charge is 0.219 e. The van der Waals surface area contributed by atoms with Crippen molar-refractivity contribution in [2.75, 3.05) is 12.0 Å². The van der Waals surface area contributed by atoms with Crippen LogP contribution in [-0.2, 0) is 10.0 Å². The average Bonchev–Trinajstić information content (AvgIpc) is 2.27. The summed E-state index contributed by atoms with van der Waals surface area (Å²) in [6.07, 6.45) is 1.81. The maximum atomic E-state index is 11.6. The van der Waals surface area contributed by atoms with Crippen molar-refractivity contribution in [2.45, 2.75) is 5.50 Å². The Hall–Kier alpha value is -0.560. The summed E-state index contributed by atoms with van der Waals surface area (Å²) in [5, 5.41) is 0.618. The summed E-state index contributed by atoms with van der Waals surface area (Å²) in [6.45, 7) is 0. The number of sulfonamides is 1. The number of benzene rings is 1. The molecule has 1 aromatic carbocycles. The van der Waals surface area contributed by atoms with E-state index < -0.39 is 15.5 Å². The standard InChI is InChI=1S/C10H11ClN2O2S2/c1-16-10-12-9(6-17(14,15)13-10)7-2-4-8(11)5-3-7/h2-5,10,13H,6H2,1H3. The molecule has 0 fully saturated rings. The normalized spacial score (nSPS) is 23.2. The molecule has 0 saturated carbocycles. The van der Waals surface area contributed by atoms with Gasteiger partial charge in [0.25, 0.3) is 0 Å². The van der Waals surface area contributed by atoms with Crippen LogP contribution in [0.4, 0.5) is 0 Å². The van der Waals surface area contributed by atoms with Gasteiger partial charge in [0.15, 0.2) is 5.50 Å². The largest absolute Gasteiger partial charge is 0.257 e. The van der Waals surface area contributed by atoms with Gasteiger partial charge in [0.2, 0.25) is 10.0 Å². The fourth-order valence-corrected chi connectivity index (χ4v) is 3.71. The topological polar surface area (TPSA) is 58.5 Å². The molecular weight excluding hydrogens is 280 g/mol. The first kappa shape index (κ1) is 12.9. The predicted molar refractivity (Wildman–Crippen MR) is 72.2 cm³/mol. The summed E-state index contributed by atoms with van der Waals surface area (Å²) in [6, 6.07) is 7.00. The summed E-state index contributed by atoms with van der Waals surface area (Å²) in [5.74, 6) is -0.0916. The van der Waals surface area contributed by atoms with Crippen LogP contribution in [0.2, 0.25) is 5.02 Å². The van der Waals surface area contributed by atoms with E-state index in [2.05, 4.69) is 9.71 Å². The SMILES string of the molecule is CSC1N=C(c2ccc(Cl)cc2)CS(=O)(=O)N1. The van der Waals surface area contributed by atoms with Crippen LogP contribution >= 0.6 is 23.4 Å². The van der Waals surface area contributed by atoms with Crippen LogP contribution in [-0.4, -0.2) is 31.6 Å². The minimum atomic E-state index is -3.29. The van der Waals surface area contributed by atoms with E-state index in [0.717, 1.165) is 5.56 Å². The first-order chi connectivity index (χ1) is 8.00. The molecule has 1 unspecified atom stereocenters. The number of rotatable bonds is 2. The molecule has 1 aliphatic heterocycles. The molecule has 1 aromatic rings. The Labute approximate surface area is 110 Å². The average molecular weight is 291 g/mol. The van der Waals surface area contributed by atoms with Gasteiger partial charge in [0.1, 0.15) is 5.75 Å². The zero-order valence-electron chi connectivity index (χ0n) is 9.05. The van der Waals surface area contributed by atoms with Gasteiger partial charge in [-0.15, -0.1) is 11.8 Å².